The van der Waals surface area contributed by atoms with E-state index in [1.165, 1.54) is 0 Å². The van der Waals surface area contributed by atoms with Crippen molar-refractivity contribution in [1.82, 2.24) is 0 Å². The van der Waals surface area contributed by atoms with Gasteiger partial charge in [-0.05, 0) is 67.6 Å². The van der Waals surface area contributed by atoms with E-state index in [1.54, 1.807) is 39.8 Å². The van der Waals surface area contributed by atoms with Gasteiger partial charge < -0.3 is 62.3 Å². The standard InChI is InChI=1S/C58H62O13/c1-55(2)66-38-57(71-55)58(60,54-48(37-65-57)69-56(3,4)70-54)68-44-30-45(43-28-18-9-19-29-43)49(59)46(31-44)50-52(63-34-41-24-14-7-15-25-41)53(64-35-42-26-16-8-17-27-42)51(62-33-40-22-12-6-13-23-40)47(67-50)36-61-32-39-20-10-5-11-21-39/h5-31,47-48,50-54,59-60H,32-38H2,1-4H3/t47-,48-,50+,51-,52+,53+,54-,57+,58-/m1/s1. The lowest BCUT2D eigenvalue weighted by atomic mass is 9.88. The minimum Gasteiger partial charge on any atom is -0.507 e. The Hall–Kier alpha value is -5.52. The lowest BCUT2D eigenvalue weighted by molar-refractivity contribution is -0.418. The predicted molar refractivity (Wildman–Crippen MR) is 262 cm³/mol. The van der Waals surface area contributed by atoms with Crippen LogP contribution in [0.15, 0.2) is 164 Å². The minimum absolute atomic E-state index is 0.0389. The van der Waals surface area contributed by atoms with Gasteiger partial charge in [0.05, 0.1) is 39.6 Å². The predicted octanol–water partition coefficient (Wildman–Crippen LogP) is 9.57. The number of phenols is 1. The monoisotopic (exact) mass is 966 g/mol. The van der Waals surface area contributed by atoms with Gasteiger partial charge in [0.15, 0.2) is 17.7 Å². The Morgan fingerprint density at radius 1 is 0.577 bits per heavy atom. The van der Waals surface area contributed by atoms with Crippen LogP contribution in [0.5, 0.6) is 11.5 Å². The van der Waals surface area contributed by atoms with Crippen molar-refractivity contribution in [2.45, 2.75) is 120 Å². The van der Waals surface area contributed by atoms with Crippen LogP contribution < -0.4 is 4.74 Å². The van der Waals surface area contributed by atoms with Gasteiger partial charge in [0.2, 0.25) is 0 Å². The molecular formula is C58H62O13. The van der Waals surface area contributed by atoms with Crippen LogP contribution in [-0.4, -0.2) is 89.8 Å². The smallest absolute Gasteiger partial charge is 0.294 e. The largest absolute Gasteiger partial charge is 0.507 e. The van der Waals surface area contributed by atoms with Crippen molar-refractivity contribution in [2.24, 2.45) is 0 Å². The van der Waals surface area contributed by atoms with E-state index in [0.717, 1.165) is 22.3 Å². The Morgan fingerprint density at radius 2 is 1.10 bits per heavy atom. The third kappa shape index (κ3) is 10.8. The molecule has 13 heteroatoms. The summed E-state index contributed by atoms with van der Waals surface area (Å²) in [6.45, 7) is 7.89. The molecule has 4 aliphatic rings. The first-order valence-corrected chi connectivity index (χ1v) is 24.3. The second-order valence-corrected chi connectivity index (χ2v) is 19.4. The van der Waals surface area contributed by atoms with E-state index in [2.05, 4.69) is 0 Å². The highest BCUT2D eigenvalue weighted by atomic mass is 16.9. The molecule has 6 aromatic carbocycles. The van der Waals surface area contributed by atoms with E-state index in [9.17, 15) is 10.2 Å². The van der Waals surface area contributed by atoms with Crippen LogP contribution in [0.4, 0.5) is 0 Å². The maximum atomic E-state index is 13.2. The first-order chi connectivity index (χ1) is 34.4. The minimum atomic E-state index is -2.36. The van der Waals surface area contributed by atoms with Crippen LogP contribution in [0.2, 0.25) is 0 Å². The van der Waals surface area contributed by atoms with Gasteiger partial charge in [-0.15, -0.1) is 0 Å². The SMILES string of the molecule is CC1(C)O[C@@H]2[C@@H](CO[C@]3(COC(C)(C)O3)[C@]2(O)Oc2cc(-c3ccccc3)c(O)c([C@@H]3O[C@H](COCc4ccccc4)[C@@H](OCc4ccccc4)[C@H](OCc4ccccc4)[C@H]3OCc3ccccc3)c2)O1. The van der Waals surface area contributed by atoms with Gasteiger partial charge in [-0.2, -0.15) is 0 Å². The van der Waals surface area contributed by atoms with Crippen LogP contribution in [0.3, 0.4) is 0 Å². The van der Waals surface area contributed by atoms with Gasteiger partial charge in [0.25, 0.3) is 11.6 Å². The van der Waals surface area contributed by atoms with Crippen molar-refractivity contribution < 1.29 is 62.3 Å². The second-order valence-electron chi connectivity index (χ2n) is 19.4. The summed E-state index contributed by atoms with van der Waals surface area (Å²) in [5.41, 5.74) is 5.16. The fourth-order valence-electron chi connectivity index (χ4n) is 9.90. The lowest BCUT2D eigenvalue weighted by Gasteiger charge is -2.49. The third-order valence-corrected chi connectivity index (χ3v) is 13.3. The van der Waals surface area contributed by atoms with Crippen LogP contribution in [0.25, 0.3) is 11.1 Å². The molecule has 0 bridgehead atoms. The maximum Gasteiger partial charge on any atom is 0.294 e. The van der Waals surface area contributed by atoms with Gasteiger partial charge >= 0.3 is 0 Å². The summed E-state index contributed by atoms with van der Waals surface area (Å²) in [4.78, 5) is 0. The zero-order chi connectivity index (χ0) is 49.1. The molecule has 2 N–H and O–H groups in total. The quantitative estimate of drug-likeness (QED) is 0.0839. The molecule has 9 atom stereocenters. The van der Waals surface area contributed by atoms with Crippen LogP contribution in [0, 0.1) is 0 Å². The molecule has 6 aromatic rings. The number of aliphatic hydroxyl groups is 1. The van der Waals surface area contributed by atoms with Crippen molar-refractivity contribution in [1.29, 1.82) is 0 Å². The van der Waals surface area contributed by atoms with Crippen molar-refractivity contribution in [3.63, 3.8) is 0 Å². The molecule has 4 fully saturated rings. The summed E-state index contributed by atoms with van der Waals surface area (Å²) < 4.78 is 73.4. The van der Waals surface area contributed by atoms with E-state index in [4.69, 9.17) is 52.1 Å². The average molecular weight is 967 g/mol. The molecule has 0 radical (unpaired) electrons. The normalized spacial score (nSPS) is 28.7. The molecule has 71 heavy (non-hydrogen) atoms. The number of hydrogen-bond acceptors (Lipinski definition) is 13. The van der Waals surface area contributed by atoms with E-state index in [0.29, 0.717) is 23.3 Å². The van der Waals surface area contributed by atoms with Gasteiger partial charge in [-0.3, -0.25) is 0 Å². The number of phenolic OH excluding ortho intramolecular Hbond substituents is 1. The first kappa shape index (κ1) is 49.1. The zero-order valence-corrected chi connectivity index (χ0v) is 40.5. The molecule has 4 heterocycles. The topological polar surface area (TPSA) is 142 Å². The molecule has 0 amide bonds. The molecular weight excluding hydrogens is 905 g/mol. The lowest BCUT2D eigenvalue weighted by Crippen LogP contribution is -2.73. The van der Waals surface area contributed by atoms with Gasteiger partial charge in [0.1, 0.15) is 54.7 Å². The Labute approximate surface area is 415 Å². The summed E-state index contributed by atoms with van der Waals surface area (Å²) in [6, 6.07) is 52.4. The molecule has 4 saturated heterocycles. The highest BCUT2D eigenvalue weighted by molar-refractivity contribution is 5.74. The molecule has 372 valence electrons. The fraction of sp³-hybridized carbons (Fsp3) is 0.379. The van der Waals surface area contributed by atoms with Crippen molar-refractivity contribution in [3.8, 4) is 22.6 Å². The molecule has 0 aromatic heterocycles. The van der Waals surface area contributed by atoms with Crippen molar-refractivity contribution in [3.05, 3.63) is 192 Å². The van der Waals surface area contributed by atoms with E-state index in [-0.39, 0.29) is 51.1 Å². The summed E-state index contributed by atoms with van der Waals surface area (Å²) in [6.07, 6.45) is -6.14. The molecule has 4 aliphatic heterocycles. The molecule has 1 spiro atoms. The van der Waals surface area contributed by atoms with E-state index in [1.807, 2.05) is 152 Å². The number of benzene rings is 6. The molecule has 0 saturated carbocycles. The van der Waals surface area contributed by atoms with Crippen LogP contribution >= 0.6 is 0 Å². The molecule has 13 nitrogen and oxygen atoms in total. The van der Waals surface area contributed by atoms with Crippen LogP contribution in [0.1, 0.15) is 61.6 Å². The molecule has 0 aliphatic carbocycles. The van der Waals surface area contributed by atoms with Gasteiger partial charge in [-0.25, -0.2) is 0 Å². The van der Waals surface area contributed by atoms with Crippen molar-refractivity contribution >= 4 is 0 Å². The van der Waals surface area contributed by atoms with Gasteiger partial charge in [-0.1, -0.05) is 152 Å². The maximum absolute atomic E-state index is 13.2. The summed E-state index contributed by atoms with van der Waals surface area (Å²) >= 11 is 0. The molecule has 10 rings (SSSR count). The second kappa shape index (κ2) is 20.9. The Kier molecular flexibility index (Phi) is 14.5. The number of rotatable bonds is 17. The molecule has 0 unspecified atom stereocenters. The number of aromatic hydroxyl groups is 1. The highest BCUT2D eigenvalue weighted by Crippen LogP contribution is 2.52. The van der Waals surface area contributed by atoms with E-state index >= 15 is 0 Å². The highest BCUT2D eigenvalue weighted by Gasteiger charge is 2.73. The van der Waals surface area contributed by atoms with Gasteiger partial charge in [0, 0.05) is 11.1 Å². The Morgan fingerprint density at radius 3 is 1.65 bits per heavy atom. The summed E-state index contributed by atoms with van der Waals surface area (Å²) in [5.74, 6) is -6.43. The third-order valence-electron chi connectivity index (χ3n) is 13.3. The Balaban J connectivity index is 1.11. The fourth-order valence-corrected chi connectivity index (χ4v) is 9.90. The summed E-state index contributed by atoms with van der Waals surface area (Å²) in [5, 5.41) is 26.1. The summed E-state index contributed by atoms with van der Waals surface area (Å²) in [7, 11) is 0. The first-order valence-electron chi connectivity index (χ1n) is 24.3. The number of fused-ring (bicyclic) bond motifs is 1. The number of hydrogen-bond donors (Lipinski definition) is 2. The van der Waals surface area contributed by atoms with Crippen LogP contribution in [-0.2, 0) is 73.8 Å². The average Bonchev–Trinajstić information content (AvgIpc) is 3.90. The Bertz CT molecular complexity index is 2650. The number of ether oxygens (including phenoxy) is 11. The van der Waals surface area contributed by atoms with Crippen molar-refractivity contribution in [2.75, 3.05) is 19.8 Å². The van der Waals surface area contributed by atoms with E-state index < -0.39 is 65.9 Å². The zero-order valence-electron chi connectivity index (χ0n) is 40.5.